The van der Waals surface area contributed by atoms with E-state index in [9.17, 15) is 4.79 Å². The van der Waals surface area contributed by atoms with Crippen LogP contribution >= 0.6 is 0 Å². The first-order valence-electron chi connectivity index (χ1n) is 7.98. The highest BCUT2D eigenvalue weighted by Crippen LogP contribution is 2.39. The molecule has 0 aliphatic carbocycles. The quantitative estimate of drug-likeness (QED) is 0.779. The van der Waals surface area contributed by atoms with Gasteiger partial charge in [0.1, 0.15) is 5.82 Å². The molecule has 1 amide bonds. The molecular weight excluding hydrogens is 300 g/mol. The van der Waals surface area contributed by atoms with Crippen LogP contribution in [0.4, 0.5) is 5.69 Å². The zero-order valence-corrected chi connectivity index (χ0v) is 13.1. The number of hydrogen-bond donors (Lipinski definition) is 2. The first-order chi connectivity index (χ1) is 11.8. The summed E-state index contributed by atoms with van der Waals surface area (Å²) in [5.74, 6) is 0.689. The number of nitrogens with one attached hydrogen (secondary N) is 1. The van der Waals surface area contributed by atoms with Crippen LogP contribution in [0.1, 0.15) is 17.4 Å². The molecule has 0 fully saturated rings. The first-order valence-corrected chi connectivity index (χ1v) is 7.98. The van der Waals surface area contributed by atoms with Crippen molar-refractivity contribution < 1.29 is 4.79 Å². The molecule has 0 spiro atoms. The van der Waals surface area contributed by atoms with E-state index in [1.165, 1.54) is 0 Å². The van der Waals surface area contributed by atoms with E-state index >= 15 is 0 Å². The van der Waals surface area contributed by atoms with E-state index in [2.05, 4.69) is 9.97 Å². The highest BCUT2D eigenvalue weighted by Gasteiger charge is 2.35. The predicted octanol–water partition coefficient (Wildman–Crippen LogP) is 2.67. The average Bonchev–Trinajstić information content (AvgIpc) is 3.26. The van der Waals surface area contributed by atoms with Crippen LogP contribution in [0, 0.1) is 0 Å². The van der Waals surface area contributed by atoms with Gasteiger partial charge in [-0.2, -0.15) is 0 Å². The molecule has 1 unspecified atom stereocenters. The number of carbonyl (C=O) groups is 1. The molecule has 5 heteroatoms. The van der Waals surface area contributed by atoms with Gasteiger partial charge in [-0.3, -0.25) is 4.79 Å². The number of amides is 1. The maximum atomic E-state index is 12.4. The predicted molar refractivity (Wildman–Crippen MR) is 93.5 cm³/mol. The fourth-order valence-electron chi connectivity index (χ4n) is 3.28. The van der Waals surface area contributed by atoms with Gasteiger partial charge in [0.05, 0.1) is 24.5 Å². The normalized spacial score (nSPS) is 16.2. The number of anilines is 1. The minimum Gasteiger partial charge on any atom is -0.340 e. The zero-order valence-electron chi connectivity index (χ0n) is 13.1. The molecule has 0 bridgehead atoms. The standard InChI is InChI=1S/C19H18N4O/c20-11-18(24)23-16-9-5-4-8-14(16)10-17(23)19-21-12-15(22-19)13-6-2-1-3-7-13/h1-9,12,17H,10-11,20H2,(H,21,22). The Kier molecular flexibility index (Phi) is 3.63. The van der Waals surface area contributed by atoms with Gasteiger partial charge in [-0.1, -0.05) is 48.5 Å². The summed E-state index contributed by atoms with van der Waals surface area (Å²) in [5.41, 5.74) is 9.71. The summed E-state index contributed by atoms with van der Waals surface area (Å²) >= 11 is 0. The van der Waals surface area contributed by atoms with Crippen LogP contribution in [-0.2, 0) is 11.2 Å². The Bertz CT molecular complexity index is 872. The second-order valence-electron chi connectivity index (χ2n) is 5.86. The molecule has 24 heavy (non-hydrogen) atoms. The molecule has 3 aromatic rings. The molecule has 0 saturated heterocycles. The number of para-hydroxylation sites is 1. The van der Waals surface area contributed by atoms with E-state index < -0.39 is 0 Å². The lowest BCUT2D eigenvalue weighted by Crippen LogP contribution is -2.37. The van der Waals surface area contributed by atoms with Crippen molar-refractivity contribution in [3.05, 3.63) is 72.2 Å². The molecule has 3 N–H and O–H groups in total. The van der Waals surface area contributed by atoms with Crippen molar-refractivity contribution in [3.63, 3.8) is 0 Å². The smallest absolute Gasteiger partial charge is 0.241 e. The van der Waals surface area contributed by atoms with Crippen LogP contribution in [0.2, 0.25) is 0 Å². The highest BCUT2D eigenvalue weighted by atomic mass is 16.2. The van der Waals surface area contributed by atoms with E-state index in [1.54, 1.807) is 4.90 Å². The molecule has 120 valence electrons. The van der Waals surface area contributed by atoms with Crippen molar-refractivity contribution in [1.29, 1.82) is 0 Å². The highest BCUT2D eigenvalue weighted by molar-refractivity contribution is 5.97. The number of carbonyl (C=O) groups excluding carboxylic acids is 1. The Labute approximate surface area is 140 Å². The third kappa shape index (κ3) is 2.39. The molecular formula is C19H18N4O. The number of hydrogen-bond acceptors (Lipinski definition) is 3. The van der Waals surface area contributed by atoms with Gasteiger partial charge in [0.25, 0.3) is 0 Å². The second kappa shape index (κ2) is 5.94. The fraction of sp³-hybridized carbons (Fsp3) is 0.158. The Morgan fingerprint density at radius 1 is 1.17 bits per heavy atom. The van der Waals surface area contributed by atoms with Gasteiger partial charge in [0.15, 0.2) is 0 Å². The summed E-state index contributed by atoms with van der Waals surface area (Å²) in [4.78, 5) is 22.1. The number of imidazole rings is 1. The molecule has 2 aromatic carbocycles. The number of nitrogens with two attached hydrogens (primary N) is 1. The van der Waals surface area contributed by atoms with E-state index in [-0.39, 0.29) is 18.5 Å². The fourth-order valence-corrected chi connectivity index (χ4v) is 3.28. The number of rotatable bonds is 3. The molecule has 1 atom stereocenters. The minimum atomic E-state index is -0.143. The van der Waals surface area contributed by atoms with Crippen molar-refractivity contribution in [2.75, 3.05) is 11.4 Å². The van der Waals surface area contributed by atoms with Crippen molar-refractivity contribution in [2.24, 2.45) is 5.73 Å². The summed E-state index contributed by atoms with van der Waals surface area (Å²) in [6.07, 6.45) is 2.56. The topological polar surface area (TPSA) is 75.0 Å². The molecule has 0 saturated carbocycles. The van der Waals surface area contributed by atoms with Gasteiger partial charge in [0.2, 0.25) is 5.91 Å². The van der Waals surface area contributed by atoms with Crippen LogP contribution in [0.5, 0.6) is 0 Å². The van der Waals surface area contributed by atoms with E-state index in [0.29, 0.717) is 0 Å². The maximum Gasteiger partial charge on any atom is 0.241 e. The molecule has 1 aromatic heterocycles. The monoisotopic (exact) mass is 318 g/mol. The Hall–Kier alpha value is -2.92. The van der Waals surface area contributed by atoms with Crippen molar-refractivity contribution in [2.45, 2.75) is 12.5 Å². The Morgan fingerprint density at radius 2 is 1.92 bits per heavy atom. The van der Waals surface area contributed by atoms with Gasteiger partial charge >= 0.3 is 0 Å². The van der Waals surface area contributed by atoms with Crippen LogP contribution < -0.4 is 10.6 Å². The number of aromatic amines is 1. The molecule has 2 heterocycles. The number of nitrogens with zero attached hydrogens (tertiary/aromatic N) is 2. The maximum absolute atomic E-state index is 12.4. The zero-order chi connectivity index (χ0) is 16.5. The summed E-state index contributed by atoms with van der Waals surface area (Å²) in [6, 6.07) is 17.8. The van der Waals surface area contributed by atoms with Crippen LogP contribution in [0.3, 0.4) is 0 Å². The lowest BCUT2D eigenvalue weighted by molar-refractivity contribution is -0.117. The summed E-state index contributed by atoms with van der Waals surface area (Å²) in [5, 5.41) is 0. The van der Waals surface area contributed by atoms with Crippen LogP contribution in [0.15, 0.2) is 60.8 Å². The van der Waals surface area contributed by atoms with Gasteiger partial charge in [-0.15, -0.1) is 0 Å². The second-order valence-corrected chi connectivity index (χ2v) is 5.86. The van der Waals surface area contributed by atoms with Crippen molar-refractivity contribution in [1.82, 2.24) is 9.97 Å². The molecule has 4 rings (SSSR count). The first kappa shape index (κ1) is 14.7. The van der Waals surface area contributed by atoms with Gasteiger partial charge in [0, 0.05) is 12.1 Å². The molecule has 5 nitrogen and oxygen atoms in total. The van der Waals surface area contributed by atoms with E-state index in [4.69, 9.17) is 5.73 Å². The summed E-state index contributed by atoms with van der Waals surface area (Å²) in [7, 11) is 0. The van der Waals surface area contributed by atoms with Crippen molar-refractivity contribution in [3.8, 4) is 11.3 Å². The lowest BCUT2D eigenvalue weighted by Gasteiger charge is -2.23. The van der Waals surface area contributed by atoms with E-state index in [1.807, 2.05) is 60.8 Å². The van der Waals surface area contributed by atoms with Crippen LogP contribution in [0.25, 0.3) is 11.3 Å². The largest absolute Gasteiger partial charge is 0.340 e. The Balaban J connectivity index is 1.71. The minimum absolute atomic E-state index is 0.0168. The number of aromatic nitrogens is 2. The summed E-state index contributed by atoms with van der Waals surface area (Å²) < 4.78 is 0. The molecule has 1 aliphatic rings. The summed E-state index contributed by atoms with van der Waals surface area (Å²) in [6.45, 7) is -0.0168. The lowest BCUT2D eigenvalue weighted by atomic mass is 10.1. The van der Waals surface area contributed by atoms with Crippen molar-refractivity contribution >= 4 is 11.6 Å². The van der Waals surface area contributed by atoms with Gasteiger partial charge < -0.3 is 15.6 Å². The molecule has 0 radical (unpaired) electrons. The van der Waals surface area contributed by atoms with Crippen LogP contribution in [-0.4, -0.2) is 22.4 Å². The SMILES string of the molecule is NCC(=O)N1c2ccccc2CC1c1ncc(-c2ccccc2)[nH]1. The Morgan fingerprint density at radius 3 is 2.71 bits per heavy atom. The number of benzene rings is 2. The third-order valence-corrected chi connectivity index (χ3v) is 4.42. The van der Waals surface area contributed by atoms with E-state index in [0.717, 1.165) is 34.8 Å². The van der Waals surface area contributed by atoms with Gasteiger partial charge in [-0.05, 0) is 17.2 Å². The number of fused-ring (bicyclic) bond motifs is 1. The third-order valence-electron chi connectivity index (χ3n) is 4.42. The molecule has 1 aliphatic heterocycles. The average molecular weight is 318 g/mol. The number of H-pyrrole nitrogens is 1. The van der Waals surface area contributed by atoms with Gasteiger partial charge in [-0.25, -0.2) is 4.98 Å².